The number of rotatable bonds is 3. The normalized spacial score (nSPS) is 12.6. The van der Waals surface area contributed by atoms with E-state index in [1.807, 2.05) is 32.0 Å². The fourth-order valence-corrected chi connectivity index (χ4v) is 1.85. The number of aliphatic hydroxyl groups is 1. The van der Waals surface area contributed by atoms with Crippen LogP contribution in [0.15, 0.2) is 34.4 Å². The summed E-state index contributed by atoms with van der Waals surface area (Å²) in [5.41, 5.74) is 1.72. The number of para-hydroxylation sites is 2. The summed E-state index contributed by atoms with van der Waals surface area (Å²) in [5.74, 6) is -0.724. The minimum atomic E-state index is -0.550. The molecule has 5 nitrogen and oxygen atoms in total. The second-order valence-electron chi connectivity index (χ2n) is 4.48. The summed E-state index contributed by atoms with van der Waals surface area (Å²) in [7, 11) is 1.46. The van der Waals surface area contributed by atoms with Gasteiger partial charge in [0.2, 0.25) is 5.89 Å². The van der Waals surface area contributed by atoms with Crippen molar-refractivity contribution in [1.82, 2.24) is 10.3 Å². The minimum absolute atomic E-state index is 0.0923. The van der Waals surface area contributed by atoms with Crippen LogP contribution in [0, 0.1) is 5.92 Å². The monoisotopic (exact) mass is 260 g/mol. The van der Waals surface area contributed by atoms with Crippen LogP contribution in [0.2, 0.25) is 0 Å². The Labute approximate surface area is 110 Å². The van der Waals surface area contributed by atoms with Crippen molar-refractivity contribution in [2.75, 3.05) is 7.05 Å². The predicted octanol–water partition coefficient (Wildman–Crippen LogP) is 2.50. The molecule has 0 unspecified atom stereocenters. The first kappa shape index (κ1) is 13.1. The molecule has 5 heteroatoms. The van der Waals surface area contributed by atoms with Crippen LogP contribution >= 0.6 is 0 Å². The lowest BCUT2D eigenvalue weighted by atomic mass is 10.0. The Hall–Kier alpha value is -2.30. The van der Waals surface area contributed by atoms with Crippen LogP contribution in [0.4, 0.5) is 0 Å². The van der Waals surface area contributed by atoms with E-state index in [0.717, 1.165) is 0 Å². The van der Waals surface area contributed by atoms with Gasteiger partial charge in [-0.2, -0.15) is 0 Å². The smallest absolute Gasteiger partial charge is 0.286 e. The molecule has 1 amide bonds. The van der Waals surface area contributed by atoms with E-state index in [4.69, 9.17) is 4.42 Å². The Balaban J connectivity index is 2.59. The number of oxazole rings is 1. The van der Waals surface area contributed by atoms with Crippen molar-refractivity contribution in [2.45, 2.75) is 13.8 Å². The maximum Gasteiger partial charge on any atom is 0.286 e. The molecule has 0 bridgehead atoms. The summed E-state index contributed by atoms with van der Waals surface area (Å²) in [6, 6.07) is 7.30. The Morgan fingerprint density at radius 3 is 2.63 bits per heavy atom. The summed E-state index contributed by atoms with van der Waals surface area (Å²) in [6.07, 6.45) is 0. The summed E-state index contributed by atoms with van der Waals surface area (Å²) in [4.78, 5) is 15.9. The van der Waals surface area contributed by atoms with E-state index in [9.17, 15) is 9.90 Å². The van der Waals surface area contributed by atoms with Crippen molar-refractivity contribution in [2.24, 2.45) is 5.92 Å². The number of fused-ring (bicyclic) bond motifs is 1. The Kier molecular flexibility index (Phi) is 3.55. The molecule has 1 heterocycles. The highest BCUT2D eigenvalue weighted by Crippen LogP contribution is 2.28. The van der Waals surface area contributed by atoms with Gasteiger partial charge in [-0.1, -0.05) is 26.0 Å². The second kappa shape index (κ2) is 5.14. The molecule has 0 spiro atoms. The zero-order valence-electron chi connectivity index (χ0n) is 11.1. The third-order valence-corrected chi connectivity index (χ3v) is 2.80. The van der Waals surface area contributed by atoms with Gasteiger partial charge in [0.1, 0.15) is 5.52 Å². The number of carbonyl (C=O) groups is 1. The number of allylic oxidation sites excluding steroid dienone is 1. The molecule has 2 N–H and O–H groups in total. The molecule has 0 radical (unpaired) electrons. The third-order valence-electron chi connectivity index (χ3n) is 2.80. The molecule has 0 aliphatic rings. The van der Waals surface area contributed by atoms with E-state index in [1.165, 1.54) is 7.05 Å². The largest absolute Gasteiger partial charge is 0.503 e. The minimum Gasteiger partial charge on any atom is -0.503 e. The van der Waals surface area contributed by atoms with Crippen LogP contribution in [0.5, 0.6) is 0 Å². The molecule has 100 valence electrons. The van der Waals surface area contributed by atoms with Gasteiger partial charge in [-0.15, -0.1) is 0 Å². The highest BCUT2D eigenvalue weighted by Gasteiger charge is 2.22. The van der Waals surface area contributed by atoms with Crippen molar-refractivity contribution < 1.29 is 14.3 Å². The van der Waals surface area contributed by atoms with Gasteiger partial charge in [-0.3, -0.25) is 4.79 Å². The molecule has 0 fully saturated rings. The Morgan fingerprint density at radius 2 is 2.05 bits per heavy atom. The van der Waals surface area contributed by atoms with Crippen LogP contribution < -0.4 is 5.32 Å². The lowest BCUT2D eigenvalue weighted by Gasteiger charge is -2.09. The number of nitrogens with zero attached hydrogens (tertiary/aromatic N) is 1. The molecule has 19 heavy (non-hydrogen) atoms. The maximum absolute atomic E-state index is 11.6. The number of aliphatic hydroxyl groups excluding tert-OH is 1. The number of nitrogens with one attached hydrogen (secondary N) is 1. The molecule has 1 aromatic heterocycles. The lowest BCUT2D eigenvalue weighted by Crippen LogP contribution is -2.22. The average molecular weight is 260 g/mol. The van der Waals surface area contributed by atoms with Crippen LogP contribution in [0.25, 0.3) is 16.7 Å². The number of benzene rings is 1. The van der Waals surface area contributed by atoms with Crippen LogP contribution in [-0.2, 0) is 4.79 Å². The van der Waals surface area contributed by atoms with E-state index in [1.54, 1.807) is 6.07 Å². The van der Waals surface area contributed by atoms with Gasteiger partial charge in [-0.05, 0) is 18.1 Å². The zero-order chi connectivity index (χ0) is 14.0. The number of aromatic nitrogens is 1. The molecule has 0 saturated heterocycles. The first-order chi connectivity index (χ1) is 9.04. The van der Waals surface area contributed by atoms with Crippen molar-refractivity contribution in [3.63, 3.8) is 0 Å². The number of hydrogen-bond acceptors (Lipinski definition) is 4. The highest BCUT2D eigenvalue weighted by atomic mass is 16.3. The molecule has 0 aliphatic heterocycles. The molecule has 2 rings (SSSR count). The molecule has 1 aromatic carbocycles. The Bertz CT molecular complexity index is 608. The highest BCUT2D eigenvalue weighted by molar-refractivity contribution is 5.98. The van der Waals surface area contributed by atoms with Crippen LogP contribution in [0.1, 0.15) is 19.7 Å². The number of hydrogen-bond donors (Lipinski definition) is 2. The topological polar surface area (TPSA) is 75.4 Å². The van der Waals surface area contributed by atoms with E-state index in [-0.39, 0.29) is 17.6 Å². The number of amides is 1. The van der Waals surface area contributed by atoms with Crippen LogP contribution in [-0.4, -0.2) is 23.0 Å². The predicted molar refractivity (Wildman–Crippen MR) is 72.5 cm³/mol. The molecular weight excluding hydrogens is 244 g/mol. The summed E-state index contributed by atoms with van der Waals surface area (Å²) >= 11 is 0. The van der Waals surface area contributed by atoms with Gasteiger partial charge < -0.3 is 14.8 Å². The average Bonchev–Trinajstić information content (AvgIpc) is 2.80. The number of carbonyl (C=O) groups excluding carboxylic acids is 1. The molecule has 0 atom stereocenters. The first-order valence-electron chi connectivity index (χ1n) is 6.05. The summed E-state index contributed by atoms with van der Waals surface area (Å²) in [5, 5.41) is 12.4. The van der Waals surface area contributed by atoms with Gasteiger partial charge in [-0.25, -0.2) is 4.98 Å². The van der Waals surface area contributed by atoms with Gasteiger partial charge in [0.05, 0.1) is 5.57 Å². The quantitative estimate of drug-likeness (QED) is 0.656. The fraction of sp³-hybridized carbons (Fsp3) is 0.286. The van der Waals surface area contributed by atoms with Gasteiger partial charge in [0.25, 0.3) is 5.91 Å². The van der Waals surface area contributed by atoms with Gasteiger partial charge in [0, 0.05) is 7.05 Å². The second-order valence-corrected chi connectivity index (χ2v) is 4.48. The fourth-order valence-electron chi connectivity index (χ4n) is 1.85. The van der Waals surface area contributed by atoms with Crippen molar-refractivity contribution in [3.05, 3.63) is 35.9 Å². The molecule has 2 aromatic rings. The SMILES string of the molecule is CNC(=O)/C(O)=C(/c1nc2ccccc2o1)C(C)C. The van der Waals surface area contributed by atoms with Crippen molar-refractivity contribution in [3.8, 4) is 0 Å². The maximum atomic E-state index is 11.6. The van der Waals surface area contributed by atoms with E-state index in [2.05, 4.69) is 10.3 Å². The standard InChI is InChI=1S/C14H16N2O3/c1-8(2)11(12(17)13(18)15-3)14-16-9-6-4-5-7-10(9)19-14/h4-8,17H,1-3H3,(H,15,18)/b12-11-. The first-order valence-corrected chi connectivity index (χ1v) is 6.05. The van der Waals surface area contributed by atoms with E-state index in [0.29, 0.717) is 16.7 Å². The molecule has 0 aliphatic carbocycles. The number of likely N-dealkylation sites (N-methyl/N-ethyl adjacent to an activating group) is 1. The van der Waals surface area contributed by atoms with E-state index < -0.39 is 5.91 Å². The molecular formula is C14H16N2O3. The third kappa shape index (κ3) is 2.45. The summed E-state index contributed by atoms with van der Waals surface area (Å²) in [6.45, 7) is 3.73. The molecule has 0 saturated carbocycles. The van der Waals surface area contributed by atoms with Crippen LogP contribution in [0.3, 0.4) is 0 Å². The van der Waals surface area contributed by atoms with Gasteiger partial charge >= 0.3 is 0 Å². The lowest BCUT2D eigenvalue weighted by molar-refractivity contribution is -0.119. The van der Waals surface area contributed by atoms with E-state index >= 15 is 0 Å². The summed E-state index contributed by atoms with van der Waals surface area (Å²) < 4.78 is 5.60. The van der Waals surface area contributed by atoms with Gasteiger partial charge in [0.15, 0.2) is 11.3 Å². The van der Waals surface area contributed by atoms with Crippen molar-refractivity contribution >= 4 is 22.6 Å². The van der Waals surface area contributed by atoms with Crippen molar-refractivity contribution in [1.29, 1.82) is 0 Å². The zero-order valence-corrected chi connectivity index (χ0v) is 11.1. The Morgan fingerprint density at radius 1 is 1.37 bits per heavy atom.